The van der Waals surface area contributed by atoms with Crippen LogP contribution in [0.25, 0.3) is 0 Å². The molecule has 0 amide bonds. The summed E-state index contributed by atoms with van der Waals surface area (Å²) in [6.07, 6.45) is 26.2. The van der Waals surface area contributed by atoms with E-state index >= 15 is 0 Å². The summed E-state index contributed by atoms with van der Waals surface area (Å²) in [6, 6.07) is 0. The minimum Gasteiger partial charge on any atom is -0.465 e. The monoisotopic (exact) mass is 464 g/mol. The summed E-state index contributed by atoms with van der Waals surface area (Å²) in [7, 11) is 0. The molecule has 1 rings (SSSR count). The molecule has 0 aromatic rings. The minimum atomic E-state index is -0.483. The zero-order chi connectivity index (χ0) is 24.0. The summed E-state index contributed by atoms with van der Waals surface area (Å²) >= 11 is 0. The number of rotatable bonds is 21. The molecular weight excluding hydrogens is 412 g/mol. The van der Waals surface area contributed by atoms with Gasteiger partial charge in [-0.25, -0.2) is 0 Å². The molecule has 4 nitrogen and oxygen atoms in total. The molecule has 4 heteroatoms. The van der Waals surface area contributed by atoms with Crippen molar-refractivity contribution >= 4 is 11.9 Å². The maximum atomic E-state index is 12.6. The van der Waals surface area contributed by atoms with Gasteiger partial charge >= 0.3 is 11.9 Å². The number of carbonyl (C=O) groups is 2. The van der Waals surface area contributed by atoms with Crippen LogP contribution in [0.3, 0.4) is 0 Å². The fourth-order valence-electron chi connectivity index (χ4n) is 4.54. The van der Waals surface area contributed by atoms with Crippen LogP contribution >= 0.6 is 0 Å². The third-order valence-electron chi connectivity index (χ3n) is 6.73. The molecule has 0 saturated carbocycles. The minimum absolute atomic E-state index is 0.229. The lowest BCUT2D eigenvalue weighted by atomic mass is 9.84. The number of unbranched alkanes of at least 4 members (excludes halogenated alkanes) is 15. The van der Waals surface area contributed by atoms with Crippen molar-refractivity contribution in [2.75, 3.05) is 13.2 Å². The molecule has 2 unspecified atom stereocenters. The van der Waals surface area contributed by atoms with Crippen molar-refractivity contribution in [3.63, 3.8) is 0 Å². The van der Waals surface area contributed by atoms with E-state index in [1.54, 1.807) is 0 Å². The van der Waals surface area contributed by atoms with Gasteiger partial charge in [-0.05, 0) is 25.7 Å². The van der Waals surface area contributed by atoms with Crippen LogP contribution in [0.4, 0.5) is 0 Å². The summed E-state index contributed by atoms with van der Waals surface area (Å²) in [5.41, 5.74) is 0. The molecule has 0 heterocycles. The highest BCUT2D eigenvalue weighted by atomic mass is 16.5. The van der Waals surface area contributed by atoms with Gasteiger partial charge in [-0.3, -0.25) is 9.59 Å². The number of hydrogen-bond donors (Lipinski definition) is 0. The Hall–Kier alpha value is -1.32. The molecule has 0 fully saturated rings. The molecule has 0 aromatic carbocycles. The summed E-state index contributed by atoms with van der Waals surface area (Å²) in [6.45, 7) is 5.40. The van der Waals surface area contributed by atoms with Crippen molar-refractivity contribution in [1.82, 2.24) is 0 Å². The van der Waals surface area contributed by atoms with Gasteiger partial charge in [0.05, 0.1) is 25.0 Å². The van der Waals surface area contributed by atoms with E-state index in [-0.39, 0.29) is 17.9 Å². The molecule has 0 radical (unpaired) electrons. The molecule has 1 aliphatic carbocycles. The van der Waals surface area contributed by atoms with Crippen LogP contribution in [-0.2, 0) is 19.1 Å². The van der Waals surface area contributed by atoms with Crippen LogP contribution in [0.15, 0.2) is 12.2 Å². The van der Waals surface area contributed by atoms with Gasteiger partial charge < -0.3 is 9.47 Å². The summed E-state index contributed by atoms with van der Waals surface area (Å²) in [4.78, 5) is 25.2. The number of ether oxygens (including phenoxy) is 2. The molecule has 2 atom stereocenters. The average Bonchev–Trinajstić information content (AvgIpc) is 2.84. The Labute approximate surface area is 204 Å². The van der Waals surface area contributed by atoms with Crippen LogP contribution in [0.1, 0.15) is 136 Å². The smallest absolute Gasteiger partial charge is 0.313 e. The van der Waals surface area contributed by atoms with Crippen LogP contribution < -0.4 is 0 Å². The van der Waals surface area contributed by atoms with Crippen molar-refractivity contribution in [2.45, 2.75) is 136 Å². The molecule has 0 N–H and O–H groups in total. The fourth-order valence-corrected chi connectivity index (χ4v) is 4.54. The first-order valence-electron chi connectivity index (χ1n) is 14.2. The summed E-state index contributed by atoms with van der Waals surface area (Å²) in [5.74, 6) is -1.37. The molecule has 0 aliphatic heterocycles. The topological polar surface area (TPSA) is 52.6 Å². The average molecular weight is 465 g/mol. The predicted molar refractivity (Wildman–Crippen MR) is 137 cm³/mol. The molecule has 192 valence electrons. The van der Waals surface area contributed by atoms with E-state index in [9.17, 15) is 9.59 Å². The van der Waals surface area contributed by atoms with E-state index < -0.39 is 5.92 Å². The van der Waals surface area contributed by atoms with E-state index in [1.165, 1.54) is 83.5 Å². The van der Waals surface area contributed by atoms with Gasteiger partial charge in [-0.15, -0.1) is 0 Å². The van der Waals surface area contributed by atoms with E-state index in [0.717, 1.165) is 32.1 Å². The van der Waals surface area contributed by atoms with E-state index in [0.29, 0.717) is 19.6 Å². The Bertz CT molecular complexity index is 514. The second kappa shape index (κ2) is 21.2. The van der Waals surface area contributed by atoms with Crippen molar-refractivity contribution in [3.05, 3.63) is 12.2 Å². The maximum Gasteiger partial charge on any atom is 0.313 e. The molecule has 0 bridgehead atoms. The van der Waals surface area contributed by atoms with Gasteiger partial charge in [0, 0.05) is 0 Å². The highest BCUT2D eigenvalue weighted by molar-refractivity contribution is 5.83. The van der Waals surface area contributed by atoms with E-state index in [1.807, 2.05) is 12.2 Å². The van der Waals surface area contributed by atoms with Gasteiger partial charge in [0.1, 0.15) is 0 Å². The highest BCUT2D eigenvalue weighted by Crippen LogP contribution is 2.27. The highest BCUT2D eigenvalue weighted by Gasteiger charge is 2.35. The van der Waals surface area contributed by atoms with Crippen LogP contribution in [0.5, 0.6) is 0 Å². The lowest BCUT2D eigenvalue weighted by Gasteiger charge is -2.24. The molecular formula is C29H52O4. The standard InChI is InChI=1S/C29H52O4/c1-3-5-7-9-11-12-13-15-17-21-25-33-29(31)27-23-19-18-22-26(27)28(30)32-24-20-16-14-10-8-6-4-2/h18,22,26-27H,3-17,19-21,23-25H2,1-2H3. The Balaban J connectivity index is 2.13. The van der Waals surface area contributed by atoms with Crippen LogP contribution in [-0.4, -0.2) is 25.2 Å². The zero-order valence-corrected chi connectivity index (χ0v) is 21.8. The number of carbonyl (C=O) groups excluding carboxylic acids is 2. The Morgan fingerprint density at radius 1 is 0.636 bits per heavy atom. The van der Waals surface area contributed by atoms with E-state index in [4.69, 9.17) is 9.47 Å². The van der Waals surface area contributed by atoms with Crippen molar-refractivity contribution in [3.8, 4) is 0 Å². The van der Waals surface area contributed by atoms with E-state index in [2.05, 4.69) is 13.8 Å². The Morgan fingerprint density at radius 3 is 1.55 bits per heavy atom. The third-order valence-corrected chi connectivity index (χ3v) is 6.73. The lowest BCUT2D eigenvalue weighted by molar-refractivity contribution is -0.159. The lowest BCUT2D eigenvalue weighted by Crippen LogP contribution is -2.33. The number of allylic oxidation sites excluding steroid dienone is 1. The fraction of sp³-hybridized carbons (Fsp3) is 0.862. The SMILES string of the molecule is CCCCCCCCCCCCOC(=O)C1CCC=CC1C(=O)OCCCCCCCCC. The first kappa shape index (κ1) is 29.7. The van der Waals surface area contributed by atoms with Gasteiger partial charge in [0.15, 0.2) is 0 Å². The maximum absolute atomic E-state index is 12.6. The van der Waals surface area contributed by atoms with Gasteiger partial charge in [0.2, 0.25) is 0 Å². The summed E-state index contributed by atoms with van der Waals surface area (Å²) < 4.78 is 11.0. The molecule has 33 heavy (non-hydrogen) atoms. The molecule has 0 saturated heterocycles. The Morgan fingerprint density at radius 2 is 1.06 bits per heavy atom. The molecule has 0 aromatic heterocycles. The second-order valence-corrected chi connectivity index (χ2v) is 9.78. The van der Waals surface area contributed by atoms with Crippen molar-refractivity contribution in [2.24, 2.45) is 11.8 Å². The van der Waals surface area contributed by atoms with Crippen molar-refractivity contribution in [1.29, 1.82) is 0 Å². The zero-order valence-electron chi connectivity index (χ0n) is 21.8. The first-order valence-corrected chi connectivity index (χ1v) is 14.2. The quantitative estimate of drug-likeness (QED) is 0.0973. The van der Waals surface area contributed by atoms with Gasteiger partial charge in [-0.2, -0.15) is 0 Å². The Kier molecular flexibility index (Phi) is 19.1. The van der Waals surface area contributed by atoms with Crippen LogP contribution in [0, 0.1) is 11.8 Å². The van der Waals surface area contributed by atoms with Crippen molar-refractivity contribution < 1.29 is 19.1 Å². The van der Waals surface area contributed by atoms with Crippen LogP contribution in [0.2, 0.25) is 0 Å². The summed E-state index contributed by atoms with van der Waals surface area (Å²) in [5, 5.41) is 0. The normalized spacial score (nSPS) is 17.8. The first-order chi connectivity index (χ1) is 16.2. The molecule has 1 aliphatic rings. The molecule has 0 spiro atoms. The van der Waals surface area contributed by atoms with Gasteiger partial charge in [-0.1, -0.05) is 122 Å². The number of esters is 2. The second-order valence-electron chi connectivity index (χ2n) is 9.78. The number of hydrogen-bond acceptors (Lipinski definition) is 4. The predicted octanol–water partition coefficient (Wildman–Crippen LogP) is 8.33. The third kappa shape index (κ3) is 15.2. The largest absolute Gasteiger partial charge is 0.465 e. The van der Waals surface area contributed by atoms with Gasteiger partial charge in [0.25, 0.3) is 0 Å².